The molecule has 8 unspecified atom stereocenters. The zero-order chi connectivity index (χ0) is 58.9. The number of hydrogen-bond donors (Lipinski definition) is 6. The third-order valence-corrected chi connectivity index (χ3v) is 16.9. The van der Waals surface area contributed by atoms with Crippen molar-refractivity contribution in [3.05, 3.63) is 24.3 Å². The van der Waals surface area contributed by atoms with E-state index in [0.717, 1.165) is 57.8 Å². The van der Waals surface area contributed by atoms with E-state index in [0.29, 0.717) is 19.3 Å². The summed E-state index contributed by atoms with van der Waals surface area (Å²) >= 11 is 0. The van der Waals surface area contributed by atoms with Crippen LogP contribution in [0.1, 0.15) is 348 Å². The van der Waals surface area contributed by atoms with Crippen LogP contribution in [0.25, 0.3) is 0 Å². The molecule has 11 heteroatoms. The standard InChI is InChI=1S/C70H133NO10/c1-4-7-10-13-16-19-22-25-26-27-28-29-30-31-32-33-34-35-36-37-40-42-45-48-51-54-57-63(74)69(78)71-61(62(73)56-53-50-47-44-41-38-23-20-17-14-11-8-5-2)60-79-70-68(67(77)66(76)64(59-72)80-70)81-65(75)58-55-52-49-46-43-39-24-21-18-15-12-9-6-3/h25-26,53,56,61-64,66-68,70,72-74,76-77H,4-24,27-52,54-55,57-60H2,1-3H3,(H,71,78)/b26-25+,56-53+. The fraction of sp³-hybridized carbons (Fsp3) is 0.914. The minimum atomic E-state index is -1.61. The number of hydrogen-bond acceptors (Lipinski definition) is 10. The molecule has 0 radical (unpaired) electrons. The van der Waals surface area contributed by atoms with Crippen molar-refractivity contribution in [3.63, 3.8) is 0 Å². The molecule has 81 heavy (non-hydrogen) atoms. The third kappa shape index (κ3) is 46.1. The summed E-state index contributed by atoms with van der Waals surface area (Å²) in [5, 5.41) is 57.1. The van der Waals surface area contributed by atoms with Gasteiger partial charge in [0.15, 0.2) is 12.4 Å². The third-order valence-electron chi connectivity index (χ3n) is 16.9. The Balaban J connectivity index is 2.55. The Morgan fingerprint density at radius 3 is 1.20 bits per heavy atom. The van der Waals surface area contributed by atoms with Crippen LogP contribution in [0.5, 0.6) is 0 Å². The lowest BCUT2D eigenvalue weighted by Crippen LogP contribution is -2.61. The molecular formula is C70H133NO10. The molecule has 0 bridgehead atoms. The van der Waals surface area contributed by atoms with Crippen LogP contribution >= 0.6 is 0 Å². The van der Waals surface area contributed by atoms with E-state index >= 15 is 0 Å². The Morgan fingerprint density at radius 1 is 0.469 bits per heavy atom. The van der Waals surface area contributed by atoms with Crippen LogP contribution in [-0.4, -0.2) is 99.6 Å². The number of nitrogens with one attached hydrogen (secondary N) is 1. The predicted molar refractivity (Wildman–Crippen MR) is 338 cm³/mol. The fourth-order valence-electron chi connectivity index (χ4n) is 11.3. The summed E-state index contributed by atoms with van der Waals surface area (Å²) in [6, 6.07) is -1.02. The van der Waals surface area contributed by atoms with E-state index in [9.17, 15) is 35.1 Å². The fourth-order valence-corrected chi connectivity index (χ4v) is 11.3. The molecule has 8 atom stereocenters. The van der Waals surface area contributed by atoms with Crippen LogP contribution < -0.4 is 5.32 Å². The van der Waals surface area contributed by atoms with Crippen LogP contribution in [0.15, 0.2) is 24.3 Å². The van der Waals surface area contributed by atoms with Crippen LogP contribution in [-0.2, 0) is 23.8 Å². The maximum Gasteiger partial charge on any atom is 0.306 e. The summed E-state index contributed by atoms with van der Waals surface area (Å²) in [6.45, 7) is 5.83. The number of aliphatic hydroxyl groups is 5. The molecular weight excluding hydrogens is 1010 g/mol. The van der Waals surface area contributed by atoms with Crippen molar-refractivity contribution >= 4 is 11.9 Å². The Labute approximate surface area is 499 Å². The molecule has 1 aliphatic rings. The Bertz CT molecular complexity index is 1410. The number of amides is 1. The second-order valence-electron chi connectivity index (χ2n) is 24.6. The SMILES string of the molecule is CCCCCCCC/C=C/CCCCCCCCCCCCCCCCCCC(O)C(=O)NC(COC1OC(CO)C(O)C(O)C1OC(=O)CCCCCCCCCCCCCCC)C(O)/C=C/CCCCCCCCCCCCC. The van der Waals surface area contributed by atoms with Gasteiger partial charge in [-0.2, -0.15) is 0 Å². The van der Waals surface area contributed by atoms with Crippen molar-refractivity contribution < 1.29 is 49.3 Å². The quantitative estimate of drug-likeness (QED) is 0.0195. The first-order valence-electron chi connectivity index (χ1n) is 35.1. The largest absolute Gasteiger partial charge is 0.454 e. The second kappa shape index (κ2) is 58.5. The molecule has 0 aromatic heterocycles. The molecule has 1 aliphatic heterocycles. The van der Waals surface area contributed by atoms with E-state index in [1.165, 1.54) is 244 Å². The van der Waals surface area contributed by atoms with Gasteiger partial charge in [-0.05, 0) is 51.4 Å². The van der Waals surface area contributed by atoms with E-state index in [1.807, 2.05) is 6.08 Å². The summed E-state index contributed by atoms with van der Waals surface area (Å²) in [4.78, 5) is 26.6. The average Bonchev–Trinajstić information content (AvgIpc) is 3.52. The average molecular weight is 1150 g/mol. The normalized spacial score (nSPS) is 18.7. The van der Waals surface area contributed by atoms with Crippen LogP contribution in [0.2, 0.25) is 0 Å². The Morgan fingerprint density at radius 2 is 0.815 bits per heavy atom. The molecule has 0 aliphatic carbocycles. The molecule has 1 rings (SSSR count). The smallest absolute Gasteiger partial charge is 0.306 e. The van der Waals surface area contributed by atoms with Crippen molar-refractivity contribution in [3.8, 4) is 0 Å². The highest BCUT2D eigenvalue weighted by Crippen LogP contribution is 2.26. The molecule has 1 saturated heterocycles. The Kier molecular flexibility index (Phi) is 55.7. The number of carbonyl (C=O) groups excluding carboxylic acids is 2. The van der Waals surface area contributed by atoms with Gasteiger partial charge in [0.1, 0.15) is 24.4 Å². The number of aliphatic hydroxyl groups excluding tert-OH is 5. The zero-order valence-corrected chi connectivity index (χ0v) is 53.2. The van der Waals surface area contributed by atoms with Gasteiger partial charge in [0.2, 0.25) is 5.91 Å². The highest BCUT2D eigenvalue weighted by Gasteiger charge is 2.47. The second-order valence-corrected chi connectivity index (χ2v) is 24.6. The Hall–Kier alpha value is -1.86. The van der Waals surface area contributed by atoms with Crippen LogP contribution in [0, 0.1) is 0 Å². The highest BCUT2D eigenvalue weighted by atomic mass is 16.7. The van der Waals surface area contributed by atoms with Gasteiger partial charge in [-0.3, -0.25) is 9.59 Å². The van der Waals surface area contributed by atoms with Gasteiger partial charge in [0, 0.05) is 6.42 Å². The number of unbranched alkanes of at least 4 members (excludes halogenated alkanes) is 45. The van der Waals surface area contributed by atoms with Crippen molar-refractivity contribution in [1.29, 1.82) is 0 Å². The molecule has 0 aromatic carbocycles. The zero-order valence-electron chi connectivity index (χ0n) is 53.2. The molecule has 1 fully saturated rings. The van der Waals surface area contributed by atoms with Crippen molar-refractivity contribution in [2.24, 2.45) is 0 Å². The van der Waals surface area contributed by atoms with Gasteiger partial charge in [0.25, 0.3) is 0 Å². The molecule has 11 nitrogen and oxygen atoms in total. The molecule has 6 N–H and O–H groups in total. The lowest BCUT2D eigenvalue weighted by atomic mass is 9.99. The van der Waals surface area contributed by atoms with Gasteiger partial charge in [-0.15, -0.1) is 0 Å². The predicted octanol–water partition coefficient (Wildman–Crippen LogP) is 17.6. The van der Waals surface area contributed by atoms with Gasteiger partial charge >= 0.3 is 5.97 Å². The first-order valence-corrected chi connectivity index (χ1v) is 35.1. The van der Waals surface area contributed by atoms with Crippen LogP contribution in [0.4, 0.5) is 0 Å². The summed E-state index contributed by atoms with van der Waals surface area (Å²) in [7, 11) is 0. The van der Waals surface area contributed by atoms with Gasteiger partial charge in [0.05, 0.1) is 25.4 Å². The number of esters is 1. The number of rotatable bonds is 61. The minimum Gasteiger partial charge on any atom is -0.454 e. The molecule has 0 aromatic rings. The summed E-state index contributed by atoms with van der Waals surface area (Å²) < 4.78 is 17.7. The molecule has 478 valence electrons. The number of allylic oxidation sites excluding steroid dienone is 3. The van der Waals surface area contributed by atoms with Crippen molar-refractivity contribution in [2.75, 3.05) is 13.2 Å². The number of carbonyl (C=O) groups is 2. The molecule has 1 heterocycles. The first-order chi connectivity index (χ1) is 39.7. The highest BCUT2D eigenvalue weighted by molar-refractivity contribution is 5.80. The molecule has 0 spiro atoms. The summed E-state index contributed by atoms with van der Waals surface area (Å²) in [5.74, 6) is -1.18. The topological polar surface area (TPSA) is 175 Å². The molecule has 1 amide bonds. The van der Waals surface area contributed by atoms with Gasteiger partial charge in [-0.1, -0.05) is 315 Å². The maximum atomic E-state index is 13.5. The van der Waals surface area contributed by atoms with E-state index in [1.54, 1.807) is 6.08 Å². The maximum absolute atomic E-state index is 13.5. The lowest BCUT2D eigenvalue weighted by molar-refractivity contribution is -0.305. The summed E-state index contributed by atoms with van der Waals surface area (Å²) in [5.41, 5.74) is 0. The monoisotopic (exact) mass is 1150 g/mol. The van der Waals surface area contributed by atoms with Gasteiger partial charge in [-0.25, -0.2) is 0 Å². The van der Waals surface area contributed by atoms with Crippen LogP contribution in [0.3, 0.4) is 0 Å². The van der Waals surface area contributed by atoms with Crippen molar-refractivity contribution in [2.45, 2.75) is 397 Å². The van der Waals surface area contributed by atoms with E-state index < -0.39 is 67.4 Å². The minimum absolute atomic E-state index is 0.130. The number of ether oxygens (including phenoxy) is 3. The van der Waals surface area contributed by atoms with E-state index in [2.05, 4.69) is 38.2 Å². The lowest BCUT2D eigenvalue weighted by Gasteiger charge is -2.41. The van der Waals surface area contributed by atoms with Gasteiger partial charge < -0.3 is 45.1 Å². The first kappa shape index (κ1) is 77.2. The van der Waals surface area contributed by atoms with Crippen molar-refractivity contribution in [1.82, 2.24) is 5.32 Å². The van der Waals surface area contributed by atoms with E-state index in [4.69, 9.17) is 14.2 Å². The molecule has 0 saturated carbocycles. The van der Waals surface area contributed by atoms with E-state index in [-0.39, 0.29) is 13.0 Å². The summed E-state index contributed by atoms with van der Waals surface area (Å²) in [6.07, 6.45) is 59.4.